The lowest BCUT2D eigenvalue weighted by Crippen LogP contribution is -2.48. The van der Waals surface area contributed by atoms with Crippen LogP contribution in [-0.2, 0) is 14.4 Å². The van der Waals surface area contributed by atoms with Gasteiger partial charge in [-0.15, -0.1) is 11.8 Å². The van der Waals surface area contributed by atoms with Crippen LogP contribution >= 0.6 is 11.8 Å². The number of likely N-dealkylation sites (tertiary alicyclic amines) is 1. The number of nitrogens with one attached hydrogen (secondary N) is 1. The Kier molecular flexibility index (Phi) is 6.05. The third-order valence-corrected chi connectivity index (χ3v) is 6.01. The summed E-state index contributed by atoms with van der Waals surface area (Å²) < 4.78 is 0. The lowest BCUT2D eigenvalue weighted by atomic mass is 9.85. The van der Waals surface area contributed by atoms with Crippen molar-refractivity contribution >= 4 is 35.2 Å². The Morgan fingerprint density at radius 2 is 1.74 bits per heavy atom. The molecule has 1 fully saturated rings. The highest BCUT2D eigenvalue weighted by Crippen LogP contribution is 2.37. The number of amides is 3. The summed E-state index contributed by atoms with van der Waals surface area (Å²) in [5.41, 5.74) is 0.710. The zero-order chi connectivity index (χ0) is 19.6. The van der Waals surface area contributed by atoms with Gasteiger partial charge in [0.05, 0.1) is 17.5 Å². The topological polar surface area (TPSA) is 66.5 Å². The second-order valence-corrected chi connectivity index (χ2v) is 8.39. The summed E-state index contributed by atoms with van der Waals surface area (Å²) in [7, 11) is 0. The number of hydrogen-bond donors (Lipinski definition) is 1. The highest BCUT2D eigenvalue weighted by molar-refractivity contribution is 7.98. The van der Waals surface area contributed by atoms with E-state index in [1.54, 1.807) is 11.8 Å². The first kappa shape index (κ1) is 19.7. The number of para-hydroxylation sites is 1. The van der Waals surface area contributed by atoms with Crippen molar-refractivity contribution in [2.24, 2.45) is 17.8 Å². The molecule has 0 bridgehead atoms. The van der Waals surface area contributed by atoms with Crippen molar-refractivity contribution in [3.63, 3.8) is 0 Å². The van der Waals surface area contributed by atoms with Gasteiger partial charge in [-0.1, -0.05) is 38.1 Å². The average molecular weight is 387 g/mol. The second-order valence-electron chi connectivity index (χ2n) is 7.54. The maximum atomic E-state index is 13.1. The van der Waals surface area contributed by atoms with Gasteiger partial charge in [-0.05, 0) is 43.6 Å². The van der Waals surface area contributed by atoms with E-state index in [9.17, 15) is 14.4 Å². The van der Waals surface area contributed by atoms with Crippen molar-refractivity contribution < 1.29 is 14.4 Å². The van der Waals surface area contributed by atoms with E-state index in [0.29, 0.717) is 24.9 Å². The van der Waals surface area contributed by atoms with Crippen molar-refractivity contribution in [2.75, 3.05) is 11.6 Å². The third kappa shape index (κ3) is 3.95. The van der Waals surface area contributed by atoms with Gasteiger partial charge in [0.25, 0.3) is 0 Å². The molecule has 6 heteroatoms. The van der Waals surface area contributed by atoms with Crippen LogP contribution in [0.2, 0.25) is 0 Å². The van der Waals surface area contributed by atoms with Crippen molar-refractivity contribution in [1.29, 1.82) is 0 Å². The predicted octanol–water partition coefficient (Wildman–Crippen LogP) is 3.71. The van der Waals surface area contributed by atoms with E-state index < -0.39 is 6.04 Å². The molecule has 0 spiro atoms. The molecule has 27 heavy (non-hydrogen) atoms. The fourth-order valence-corrected chi connectivity index (χ4v) is 4.43. The Hall–Kier alpha value is -2.08. The number of anilines is 1. The number of fused-ring (bicyclic) bond motifs is 1. The number of rotatable bonds is 6. The van der Waals surface area contributed by atoms with Crippen LogP contribution in [0.1, 0.15) is 33.1 Å². The fourth-order valence-electron chi connectivity index (χ4n) is 3.87. The van der Waals surface area contributed by atoms with Crippen LogP contribution in [0, 0.1) is 17.8 Å². The van der Waals surface area contributed by atoms with Gasteiger partial charge in [0.2, 0.25) is 17.7 Å². The molecule has 1 aliphatic heterocycles. The van der Waals surface area contributed by atoms with Gasteiger partial charge in [-0.2, -0.15) is 0 Å². The molecule has 144 valence electrons. The molecule has 1 aromatic rings. The molecule has 3 atom stereocenters. The summed E-state index contributed by atoms with van der Waals surface area (Å²) in [6.45, 7) is 3.99. The van der Waals surface area contributed by atoms with E-state index in [2.05, 4.69) is 5.32 Å². The molecule has 1 aliphatic carbocycles. The molecule has 0 radical (unpaired) electrons. The van der Waals surface area contributed by atoms with Gasteiger partial charge in [0, 0.05) is 4.90 Å². The van der Waals surface area contributed by atoms with Crippen LogP contribution in [0.5, 0.6) is 0 Å². The Morgan fingerprint density at radius 3 is 2.30 bits per heavy atom. The van der Waals surface area contributed by atoms with Gasteiger partial charge in [-0.25, -0.2) is 0 Å². The highest BCUT2D eigenvalue weighted by Gasteiger charge is 2.51. The maximum absolute atomic E-state index is 13.1. The monoisotopic (exact) mass is 386 g/mol. The van der Waals surface area contributed by atoms with Gasteiger partial charge in [0.1, 0.15) is 6.04 Å². The number of imide groups is 1. The van der Waals surface area contributed by atoms with Gasteiger partial charge >= 0.3 is 0 Å². The Labute approximate surface area is 164 Å². The van der Waals surface area contributed by atoms with E-state index >= 15 is 0 Å². The minimum atomic E-state index is -0.773. The first-order valence-electron chi connectivity index (χ1n) is 9.39. The minimum absolute atomic E-state index is 0.179. The van der Waals surface area contributed by atoms with Crippen LogP contribution in [0.25, 0.3) is 0 Å². The minimum Gasteiger partial charge on any atom is -0.323 e. The molecule has 1 aromatic carbocycles. The predicted molar refractivity (Wildman–Crippen MR) is 107 cm³/mol. The Balaban J connectivity index is 1.86. The van der Waals surface area contributed by atoms with Gasteiger partial charge < -0.3 is 5.32 Å². The number of nitrogens with zero attached hydrogens (tertiary/aromatic N) is 1. The molecule has 3 rings (SSSR count). The summed E-state index contributed by atoms with van der Waals surface area (Å²) in [5, 5.41) is 2.94. The summed E-state index contributed by atoms with van der Waals surface area (Å²) in [6.07, 6.45) is 7.48. The molecule has 0 aromatic heterocycles. The molecule has 1 heterocycles. The molecular formula is C21H26N2O3S. The van der Waals surface area contributed by atoms with Crippen molar-refractivity contribution in [3.8, 4) is 0 Å². The van der Waals surface area contributed by atoms with Crippen LogP contribution in [0.15, 0.2) is 41.3 Å². The van der Waals surface area contributed by atoms with Gasteiger partial charge in [-0.3, -0.25) is 19.3 Å². The first-order chi connectivity index (χ1) is 12.9. The number of hydrogen-bond acceptors (Lipinski definition) is 4. The molecule has 5 nitrogen and oxygen atoms in total. The Bertz CT molecular complexity index is 748. The number of thioether (sulfide) groups is 1. The molecule has 1 saturated heterocycles. The molecule has 0 saturated carbocycles. The van der Waals surface area contributed by atoms with E-state index in [1.807, 2.05) is 56.5 Å². The zero-order valence-electron chi connectivity index (χ0n) is 16.0. The van der Waals surface area contributed by atoms with E-state index in [0.717, 1.165) is 4.90 Å². The van der Waals surface area contributed by atoms with E-state index in [4.69, 9.17) is 0 Å². The molecule has 3 amide bonds. The lowest BCUT2D eigenvalue weighted by Gasteiger charge is -2.27. The second kappa shape index (κ2) is 8.30. The Morgan fingerprint density at radius 1 is 1.15 bits per heavy atom. The van der Waals surface area contributed by atoms with Gasteiger partial charge in [0.15, 0.2) is 0 Å². The standard InChI is InChI=1S/C21H26N2O3S/c1-13(2)12-17(19(24)22-16-10-6-7-11-18(16)27-3)23-20(25)14-8-4-5-9-15(14)21(23)26/h4-7,10-11,13-15,17H,8-9,12H2,1-3H3,(H,22,24). The van der Waals surface area contributed by atoms with Crippen molar-refractivity contribution in [3.05, 3.63) is 36.4 Å². The lowest BCUT2D eigenvalue weighted by molar-refractivity contribution is -0.147. The van der Waals surface area contributed by atoms with Crippen LogP contribution in [0.3, 0.4) is 0 Å². The van der Waals surface area contributed by atoms with Crippen LogP contribution in [0.4, 0.5) is 5.69 Å². The summed E-state index contributed by atoms with van der Waals surface area (Å²) in [5.74, 6) is -1.15. The normalized spacial score (nSPS) is 22.9. The summed E-state index contributed by atoms with van der Waals surface area (Å²) >= 11 is 1.54. The van der Waals surface area contributed by atoms with Crippen molar-refractivity contribution in [1.82, 2.24) is 4.90 Å². The number of allylic oxidation sites excluding steroid dienone is 2. The molecule has 1 N–H and O–H groups in total. The first-order valence-corrected chi connectivity index (χ1v) is 10.6. The molecular weight excluding hydrogens is 360 g/mol. The highest BCUT2D eigenvalue weighted by atomic mass is 32.2. The third-order valence-electron chi connectivity index (χ3n) is 5.22. The van der Waals surface area contributed by atoms with Crippen molar-refractivity contribution in [2.45, 2.75) is 44.0 Å². The smallest absolute Gasteiger partial charge is 0.247 e. The average Bonchev–Trinajstić information content (AvgIpc) is 2.91. The number of carbonyl (C=O) groups is 3. The largest absolute Gasteiger partial charge is 0.323 e. The SMILES string of the molecule is CSc1ccccc1NC(=O)C(CC(C)C)N1C(=O)C2CC=CCC2C1=O. The maximum Gasteiger partial charge on any atom is 0.247 e. The number of carbonyl (C=O) groups excluding carboxylic acids is 3. The number of benzene rings is 1. The van der Waals surface area contributed by atoms with E-state index in [-0.39, 0.29) is 35.5 Å². The molecule has 2 aliphatic rings. The quantitative estimate of drug-likeness (QED) is 0.460. The summed E-state index contributed by atoms with van der Waals surface area (Å²) in [6, 6.07) is 6.78. The molecule has 3 unspecified atom stereocenters. The van der Waals surface area contributed by atoms with Crippen LogP contribution in [-0.4, -0.2) is 34.9 Å². The summed E-state index contributed by atoms with van der Waals surface area (Å²) in [4.78, 5) is 41.2. The van der Waals surface area contributed by atoms with Crippen LogP contribution < -0.4 is 5.32 Å². The zero-order valence-corrected chi connectivity index (χ0v) is 16.8. The fraction of sp³-hybridized carbons (Fsp3) is 0.476. The van der Waals surface area contributed by atoms with E-state index in [1.165, 1.54) is 4.90 Å².